The van der Waals surface area contributed by atoms with Crippen LogP contribution < -0.4 is 15.8 Å². The molecule has 2 aromatic heterocycles. The Kier molecular flexibility index (Phi) is 15.9. The number of hydrogen-bond donors (Lipinski definition) is 3. The number of carbonyl (C=O) groups excluding carboxylic acids is 2. The lowest BCUT2D eigenvalue weighted by molar-refractivity contribution is -0.108. The van der Waals surface area contributed by atoms with Gasteiger partial charge in [-0.2, -0.15) is 5.26 Å². The molecule has 2 unspecified atom stereocenters. The van der Waals surface area contributed by atoms with Crippen molar-refractivity contribution in [3.05, 3.63) is 75.9 Å². The van der Waals surface area contributed by atoms with Gasteiger partial charge in [0.15, 0.2) is 0 Å². The monoisotopic (exact) mass is 538 g/mol. The minimum absolute atomic E-state index is 0.0772. The van der Waals surface area contributed by atoms with Crippen molar-refractivity contribution in [2.24, 2.45) is 11.7 Å². The molecular formula is C29H38N4O4S. The predicted molar refractivity (Wildman–Crippen MR) is 153 cm³/mol. The number of aldehydes is 1. The Morgan fingerprint density at radius 1 is 1.37 bits per heavy atom. The van der Waals surface area contributed by atoms with Gasteiger partial charge < -0.3 is 30.5 Å². The molecule has 2 atom stereocenters. The zero-order chi connectivity index (χ0) is 28.3. The van der Waals surface area contributed by atoms with E-state index in [1.165, 1.54) is 10.4 Å². The maximum atomic E-state index is 10.3. The van der Waals surface area contributed by atoms with E-state index in [0.29, 0.717) is 12.3 Å². The average Bonchev–Trinajstić information content (AvgIpc) is 3.36. The van der Waals surface area contributed by atoms with E-state index in [1.807, 2.05) is 51.1 Å². The fourth-order valence-corrected chi connectivity index (χ4v) is 5.14. The molecule has 4 rings (SSSR count). The fourth-order valence-electron chi connectivity index (χ4n) is 3.87. The van der Waals surface area contributed by atoms with Crippen molar-refractivity contribution < 1.29 is 19.4 Å². The number of nitriles is 1. The van der Waals surface area contributed by atoms with Crippen LogP contribution in [0.4, 0.5) is 5.00 Å². The van der Waals surface area contributed by atoms with Crippen molar-refractivity contribution in [1.29, 1.82) is 5.26 Å². The number of anilines is 1. The molecular weight excluding hydrogens is 500 g/mol. The van der Waals surface area contributed by atoms with E-state index in [-0.39, 0.29) is 12.5 Å². The zero-order valence-electron chi connectivity index (χ0n) is 22.4. The molecule has 9 heteroatoms. The molecule has 0 saturated heterocycles. The van der Waals surface area contributed by atoms with Gasteiger partial charge in [-0.3, -0.25) is 4.98 Å². The molecule has 0 radical (unpaired) electrons. The quantitative estimate of drug-likeness (QED) is 0.374. The number of methoxy groups -OCH3 is 1. The second-order valence-electron chi connectivity index (χ2n) is 8.51. The van der Waals surface area contributed by atoms with Gasteiger partial charge in [0, 0.05) is 30.7 Å². The van der Waals surface area contributed by atoms with E-state index in [9.17, 15) is 4.79 Å². The summed E-state index contributed by atoms with van der Waals surface area (Å²) in [5.41, 5.74) is 9.81. The van der Waals surface area contributed by atoms with E-state index in [0.717, 1.165) is 59.5 Å². The van der Waals surface area contributed by atoms with Crippen molar-refractivity contribution in [3.63, 3.8) is 0 Å². The van der Waals surface area contributed by atoms with E-state index in [4.69, 9.17) is 25.6 Å². The minimum atomic E-state index is 0.0772. The highest BCUT2D eigenvalue weighted by Crippen LogP contribution is 2.38. The molecule has 2 heterocycles. The molecule has 8 nitrogen and oxygen atoms in total. The van der Waals surface area contributed by atoms with Crippen LogP contribution in [0, 0.1) is 17.2 Å². The molecule has 0 aliphatic heterocycles. The number of ether oxygens (including phenoxy) is 1. The summed E-state index contributed by atoms with van der Waals surface area (Å²) in [7, 11) is 3.52. The molecule has 1 aromatic carbocycles. The summed E-state index contributed by atoms with van der Waals surface area (Å²) >= 11 is 1.72. The lowest BCUT2D eigenvalue weighted by Gasteiger charge is -2.20. The van der Waals surface area contributed by atoms with Gasteiger partial charge in [0.2, 0.25) is 0 Å². The van der Waals surface area contributed by atoms with Gasteiger partial charge in [-0.25, -0.2) is 0 Å². The number of aromatic nitrogens is 1. The van der Waals surface area contributed by atoms with Crippen molar-refractivity contribution >= 4 is 29.4 Å². The van der Waals surface area contributed by atoms with Crippen LogP contribution in [0.3, 0.4) is 0 Å². The first-order valence-electron chi connectivity index (χ1n) is 12.3. The van der Waals surface area contributed by atoms with Crippen LogP contribution in [0.15, 0.2) is 48.8 Å². The third kappa shape index (κ3) is 10.1. The van der Waals surface area contributed by atoms with Crippen LogP contribution in [0.5, 0.6) is 5.75 Å². The topological polar surface area (TPSA) is 138 Å². The van der Waals surface area contributed by atoms with Gasteiger partial charge in [0.05, 0.1) is 19.3 Å². The molecule has 1 aliphatic rings. The van der Waals surface area contributed by atoms with Crippen LogP contribution in [-0.2, 0) is 29.0 Å². The Labute approximate surface area is 229 Å². The van der Waals surface area contributed by atoms with Crippen LogP contribution in [0.1, 0.15) is 52.8 Å². The molecule has 3 aromatic rings. The maximum absolute atomic E-state index is 10.3. The summed E-state index contributed by atoms with van der Waals surface area (Å²) in [6.45, 7) is 4.87. The number of aliphatic hydroxyl groups excluding tert-OH is 1. The Balaban J connectivity index is 0.000000287. The smallest absolute Gasteiger partial charge is 0.120 e. The standard InChI is InChI=1S/C11H15N3S.C11H14O2.C6H7NO.CH2O/c1-14-11-9(6-13)8-3-2-7(5-12)4-10(8)15-11;1-9(6-7-12)10-4-3-5-11(8-10)13-2;8-5-6-2-1-3-7-4-6;1-2/h7,14H,2-5,12H2,1H3;3-5,7-9H,6H2,1-2H3;1-4,8H,5H2;1H2. The fraction of sp³-hybridized carbons (Fsp3) is 0.379. The largest absolute Gasteiger partial charge is 0.497 e. The van der Waals surface area contributed by atoms with Crippen LogP contribution in [-0.4, -0.2) is 43.9 Å². The molecule has 204 valence electrons. The second kappa shape index (κ2) is 18.6. The number of benzene rings is 1. The van der Waals surface area contributed by atoms with Crippen LogP contribution in [0.2, 0.25) is 0 Å². The molecule has 0 saturated carbocycles. The summed E-state index contributed by atoms with van der Waals surface area (Å²) in [6, 6.07) is 13.7. The Morgan fingerprint density at radius 3 is 2.66 bits per heavy atom. The number of pyridine rings is 1. The van der Waals surface area contributed by atoms with E-state index >= 15 is 0 Å². The van der Waals surface area contributed by atoms with Crippen molar-refractivity contribution in [2.45, 2.75) is 45.1 Å². The third-order valence-corrected chi connectivity index (χ3v) is 7.33. The SMILES string of the molecule is C=O.CNc1sc2c(c1C#N)CCC(CN)C2.COc1cccc(C(C)CC=O)c1.OCc1cccnc1. The number of hydrogen-bond acceptors (Lipinski definition) is 9. The van der Waals surface area contributed by atoms with Crippen molar-refractivity contribution in [2.75, 3.05) is 26.0 Å². The molecule has 0 fully saturated rings. The van der Waals surface area contributed by atoms with Crippen molar-refractivity contribution in [3.8, 4) is 11.8 Å². The zero-order valence-corrected chi connectivity index (χ0v) is 23.2. The molecule has 4 N–H and O–H groups in total. The summed E-state index contributed by atoms with van der Waals surface area (Å²) in [6.07, 6.45) is 8.01. The molecule has 0 spiro atoms. The minimum Gasteiger partial charge on any atom is -0.497 e. The predicted octanol–water partition coefficient (Wildman–Crippen LogP) is 4.50. The number of carbonyl (C=O) groups is 2. The Morgan fingerprint density at radius 2 is 2.13 bits per heavy atom. The lowest BCUT2D eigenvalue weighted by Crippen LogP contribution is -2.21. The van der Waals surface area contributed by atoms with Crippen LogP contribution in [0.25, 0.3) is 0 Å². The normalized spacial score (nSPS) is 13.8. The van der Waals surface area contributed by atoms with Crippen LogP contribution >= 0.6 is 11.3 Å². The molecule has 1 aliphatic carbocycles. The number of nitrogens with one attached hydrogen (secondary N) is 1. The lowest BCUT2D eigenvalue weighted by atomic mass is 9.87. The van der Waals surface area contributed by atoms with Gasteiger partial charge in [-0.15, -0.1) is 11.3 Å². The number of rotatable bonds is 7. The first-order chi connectivity index (χ1) is 18.5. The summed E-state index contributed by atoms with van der Waals surface area (Å²) in [5, 5.41) is 21.7. The number of fused-ring (bicyclic) bond motifs is 1. The van der Waals surface area contributed by atoms with Gasteiger partial charge >= 0.3 is 0 Å². The Hall–Kier alpha value is -3.58. The van der Waals surface area contributed by atoms with E-state index < -0.39 is 0 Å². The van der Waals surface area contributed by atoms with Gasteiger partial charge in [-0.1, -0.05) is 25.1 Å². The van der Waals surface area contributed by atoms with Crippen molar-refractivity contribution in [1.82, 2.24) is 4.98 Å². The number of thiophene rings is 1. The first kappa shape index (κ1) is 32.4. The highest BCUT2D eigenvalue weighted by atomic mass is 32.1. The molecule has 0 amide bonds. The molecule has 38 heavy (non-hydrogen) atoms. The van der Waals surface area contributed by atoms with E-state index in [2.05, 4.69) is 16.4 Å². The summed E-state index contributed by atoms with van der Waals surface area (Å²) in [4.78, 5) is 23.5. The average molecular weight is 539 g/mol. The second-order valence-corrected chi connectivity index (χ2v) is 9.62. The highest BCUT2D eigenvalue weighted by molar-refractivity contribution is 7.16. The first-order valence-corrected chi connectivity index (χ1v) is 13.1. The van der Waals surface area contributed by atoms with Gasteiger partial charge in [0.25, 0.3) is 0 Å². The Bertz CT molecular complexity index is 1130. The number of aliphatic hydroxyl groups is 1. The van der Waals surface area contributed by atoms with E-state index in [1.54, 1.807) is 36.9 Å². The van der Waals surface area contributed by atoms with Gasteiger partial charge in [0.1, 0.15) is 29.9 Å². The molecule has 0 bridgehead atoms. The highest BCUT2D eigenvalue weighted by Gasteiger charge is 2.24. The van der Waals surface area contributed by atoms with Gasteiger partial charge in [-0.05, 0) is 72.5 Å². The summed E-state index contributed by atoms with van der Waals surface area (Å²) in [5.74, 6) is 1.72. The number of nitrogens with zero attached hydrogens (tertiary/aromatic N) is 2. The summed E-state index contributed by atoms with van der Waals surface area (Å²) < 4.78 is 5.09. The third-order valence-electron chi connectivity index (χ3n) is 6.06. The number of nitrogens with two attached hydrogens (primary N) is 1. The maximum Gasteiger partial charge on any atom is 0.120 e.